The van der Waals surface area contributed by atoms with Crippen molar-refractivity contribution >= 4 is 0 Å². The van der Waals surface area contributed by atoms with Crippen LogP contribution in [0.5, 0.6) is 0 Å². The molecule has 0 saturated heterocycles. The molecule has 1 rings (SSSR count). The van der Waals surface area contributed by atoms with Crippen LogP contribution in [0.3, 0.4) is 0 Å². The van der Waals surface area contributed by atoms with Gasteiger partial charge in [-0.3, -0.25) is 0 Å². The van der Waals surface area contributed by atoms with E-state index in [0.717, 1.165) is 5.92 Å². The summed E-state index contributed by atoms with van der Waals surface area (Å²) < 4.78 is 0. The average Bonchev–Trinajstić information content (AvgIpc) is 2.49. The lowest BCUT2D eigenvalue weighted by Gasteiger charge is -2.35. The van der Waals surface area contributed by atoms with Gasteiger partial charge in [0.1, 0.15) is 0 Å². The molecule has 1 fully saturated rings. The van der Waals surface area contributed by atoms with Crippen molar-refractivity contribution in [2.75, 3.05) is 0 Å². The fourth-order valence-corrected chi connectivity index (χ4v) is 3.72. The summed E-state index contributed by atoms with van der Waals surface area (Å²) in [5, 5.41) is 0. The standard InChI is InChI=1S/C14H29N/c1-4-7-12-8-11-14(9-5-2,10-6-3)13(12)15/h12-13H,4-11,15H2,1-3H3. The molecule has 1 aliphatic carbocycles. The molecule has 0 heterocycles. The van der Waals surface area contributed by atoms with Crippen molar-refractivity contribution in [1.82, 2.24) is 0 Å². The number of hydrogen-bond acceptors (Lipinski definition) is 1. The van der Waals surface area contributed by atoms with Gasteiger partial charge in [-0.25, -0.2) is 0 Å². The highest BCUT2D eigenvalue weighted by Crippen LogP contribution is 2.48. The Morgan fingerprint density at radius 1 is 1.07 bits per heavy atom. The highest BCUT2D eigenvalue weighted by molar-refractivity contribution is 4.98. The Balaban J connectivity index is 2.64. The summed E-state index contributed by atoms with van der Waals surface area (Å²) in [5.41, 5.74) is 7.02. The predicted octanol–water partition coefficient (Wildman–Crippen LogP) is 4.11. The number of rotatable bonds is 6. The molecule has 1 aliphatic rings. The second-order valence-corrected chi connectivity index (χ2v) is 5.48. The predicted molar refractivity (Wildman–Crippen MR) is 67.9 cm³/mol. The van der Waals surface area contributed by atoms with Gasteiger partial charge >= 0.3 is 0 Å². The summed E-state index contributed by atoms with van der Waals surface area (Å²) in [5.74, 6) is 0.813. The number of nitrogens with two attached hydrogens (primary N) is 1. The fraction of sp³-hybridized carbons (Fsp3) is 1.00. The van der Waals surface area contributed by atoms with Crippen LogP contribution >= 0.6 is 0 Å². The van der Waals surface area contributed by atoms with Gasteiger partial charge in [0.2, 0.25) is 0 Å². The second-order valence-electron chi connectivity index (χ2n) is 5.48. The number of hydrogen-bond donors (Lipinski definition) is 1. The Morgan fingerprint density at radius 3 is 2.13 bits per heavy atom. The molecule has 1 nitrogen and oxygen atoms in total. The van der Waals surface area contributed by atoms with Gasteiger partial charge in [-0.15, -0.1) is 0 Å². The molecule has 0 bridgehead atoms. The van der Waals surface area contributed by atoms with E-state index in [9.17, 15) is 0 Å². The molecule has 1 saturated carbocycles. The molecule has 0 aromatic heterocycles. The second kappa shape index (κ2) is 5.89. The lowest BCUT2D eigenvalue weighted by Crippen LogP contribution is -2.41. The molecular formula is C14H29N. The van der Waals surface area contributed by atoms with Crippen molar-refractivity contribution in [2.24, 2.45) is 17.1 Å². The Bertz CT molecular complexity index is 170. The summed E-state index contributed by atoms with van der Waals surface area (Å²) >= 11 is 0. The molecule has 2 N–H and O–H groups in total. The van der Waals surface area contributed by atoms with Crippen LogP contribution < -0.4 is 5.73 Å². The van der Waals surface area contributed by atoms with Crippen molar-refractivity contribution in [3.05, 3.63) is 0 Å². The Labute approximate surface area is 95.8 Å². The van der Waals surface area contributed by atoms with Crippen molar-refractivity contribution in [1.29, 1.82) is 0 Å². The first-order valence-corrected chi connectivity index (χ1v) is 6.95. The minimum absolute atomic E-state index is 0.484. The largest absolute Gasteiger partial charge is 0.327 e. The van der Waals surface area contributed by atoms with E-state index in [1.54, 1.807) is 0 Å². The Hall–Kier alpha value is -0.0400. The topological polar surface area (TPSA) is 26.0 Å². The molecule has 0 amide bonds. The minimum Gasteiger partial charge on any atom is -0.327 e. The first kappa shape index (κ1) is 13.0. The minimum atomic E-state index is 0.484. The van der Waals surface area contributed by atoms with Crippen LogP contribution in [-0.4, -0.2) is 6.04 Å². The summed E-state index contributed by atoms with van der Waals surface area (Å²) in [4.78, 5) is 0. The van der Waals surface area contributed by atoms with Crippen LogP contribution in [0.1, 0.15) is 72.1 Å². The molecule has 0 spiro atoms. The first-order valence-electron chi connectivity index (χ1n) is 6.95. The van der Waals surface area contributed by atoms with E-state index in [2.05, 4.69) is 20.8 Å². The highest BCUT2D eigenvalue weighted by Gasteiger charge is 2.44. The zero-order valence-electron chi connectivity index (χ0n) is 10.9. The SMILES string of the molecule is CCCC1CCC(CCC)(CCC)C1N. The van der Waals surface area contributed by atoms with Gasteiger partial charge in [0.25, 0.3) is 0 Å². The maximum atomic E-state index is 6.52. The van der Waals surface area contributed by atoms with Crippen LogP contribution in [-0.2, 0) is 0 Å². The van der Waals surface area contributed by atoms with Crippen molar-refractivity contribution in [3.8, 4) is 0 Å². The van der Waals surface area contributed by atoms with Crippen LogP contribution in [0.15, 0.2) is 0 Å². The lowest BCUT2D eigenvalue weighted by atomic mass is 9.73. The van der Waals surface area contributed by atoms with E-state index in [0.29, 0.717) is 11.5 Å². The maximum Gasteiger partial charge on any atom is 0.0124 e. The summed E-state index contributed by atoms with van der Waals surface area (Å²) in [7, 11) is 0. The quantitative estimate of drug-likeness (QED) is 0.703. The summed E-state index contributed by atoms with van der Waals surface area (Å²) in [6.45, 7) is 6.89. The smallest absolute Gasteiger partial charge is 0.0124 e. The van der Waals surface area contributed by atoms with Crippen molar-refractivity contribution in [3.63, 3.8) is 0 Å². The lowest BCUT2D eigenvalue weighted by molar-refractivity contribution is 0.193. The summed E-state index contributed by atoms with van der Waals surface area (Å²) in [6.07, 6.45) is 10.7. The van der Waals surface area contributed by atoms with Crippen LogP contribution in [0.2, 0.25) is 0 Å². The van der Waals surface area contributed by atoms with Gasteiger partial charge in [0, 0.05) is 6.04 Å². The van der Waals surface area contributed by atoms with E-state index in [1.807, 2.05) is 0 Å². The van der Waals surface area contributed by atoms with Gasteiger partial charge in [0.05, 0.1) is 0 Å². The van der Waals surface area contributed by atoms with Gasteiger partial charge in [-0.05, 0) is 43.4 Å². The molecule has 15 heavy (non-hydrogen) atoms. The fourth-order valence-electron chi connectivity index (χ4n) is 3.72. The highest BCUT2D eigenvalue weighted by atomic mass is 14.7. The van der Waals surface area contributed by atoms with Crippen molar-refractivity contribution < 1.29 is 0 Å². The van der Waals surface area contributed by atoms with Crippen LogP contribution in [0.4, 0.5) is 0 Å². The maximum absolute atomic E-state index is 6.52. The van der Waals surface area contributed by atoms with Crippen LogP contribution in [0, 0.1) is 11.3 Å². The van der Waals surface area contributed by atoms with E-state index < -0.39 is 0 Å². The summed E-state index contributed by atoms with van der Waals surface area (Å²) in [6, 6.07) is 0.484. The molecule has 0 aromatic carbocycles. The third kappa shape index (κ3) is 2.75. The molecule has 1 heteroatoms. The zero-order chi connectivity index (χ0) is 11.3. The Morgan fingerprint density at radius 2 is 1.67 bits per heavy atom. The zero-order valence-corrected chi connectivity index (χ0v) is 10.9. The molecular weight excluding hydrogens is 182 g/mol. The van der Waals surface area contributed by atoms with E-state index >= 15 is 0 Å². The third-order valence-electron chi connectivity index (χ3n) is 4.38. The molecule has 0 aromatic rings. The molecule has 90 valence electrons. The first-order chi connectivity index (χ1) is 7.20. The molecule has 0 aliphatic heterocycles. The van der Waals surface area contributed by atoms with Gasteiger partial charge in [-0.1, -0.05) is 40.0 Å². The molecule has 2 unspecified atom stereocenters. The monoisotopic (exact) mass is 211 g/mol. The van der Waals surface area contributed by atoms with Crippen molar-refractivity contribution in [2.45, 2.75) is 78.2 Å². The molecule has 0 radical (unpaired) electrons. The van der Waals surface area contributed by atoms with Crippen LogP contribution in [0.25, 0.3) is 0 Å². The third-order valence-corrected chi connectivity index (χ3v) is 4.38. The average molecular weight is 211 g/mol. The van der Waals surface area contributed by atoms with E-state index in [4.69, 9.17) is 5.73 Å². The normalized spacial score (nSPS) is 29.6. The van der Waals surface area contributed by atoms with Gasteiger partial charge in [-0.2, -0.15) is 0 Å². The van der Waals surface area contributed by atoms with E-state index in [1.165, 1.54) is 51.4 Å². The van der Waals surface area contributed by atoms with Gasteiger partial charge < -0.3 is 5.73 Å². The Kier molecular flexibility index (Phi) is 5.11. The molecule has 2 atom stereocenters. The van der Waals surface area contributed by atoms with Gasteiger partial charge in [0.15, 0.2) is 0 Å². The van der Waals surface area contributed by atoms with E-state index in [-0.39, 0.29) is 0 Å².